The number of rotatable bonds is 13. The monoisotopic (exact) mass is 403 g/mol. The molecule has 0 amide bonds. The smallest absolute Gasteiger partial charge is 0.305 e. The largest absolute Gasteiger partial charge is 0.466 e. The Bertz CT molecular complexity index is 701. The van der Waals surface area contributed by atoms with Gasteiger partial charge in [-0.05, 0) is 31.2 Å². The van der Waals surface area contributed by atoms with Gasteiger partial charge >= 0.3 is 5.97 Å². The van der Waals surface area contributed by atoms with E-state index >= 15 is 0 Å². The van der Waals surface area contributed by atoms with Crippen LogP contribution in [0.1, 0.15) is 64.3 Å². The number of hydrogen-bond acceptors (Lipinski definition) is 5. The minimum atomic E-state index is -0.0800. The van der Waals surface area contributed by atoms with Crippen LogP contribution in [0.2, 0.25) is 0 Å². The first-order valence-electron chi connectivity index (χ1n) is 10.3. The molecule has 0 saturated heterocycles. The average molecular weight is 404 g/mol. The number of benzene rings is 1. The Morgan fingerprint density at radius 1 is 1.11 bits per heavy atom. The molecule has 0 fully saturated rings. The van der Waals surface area contributed by atoms with E-state index in [4.69, 9.17) is 4.74 Å². The van der Waals surface area contributed by atoms with Gasteiger partial charge in [-0.1, -0.05) is 68.8 Å². The Hall–Kier alpha value is -1.82. The lowest BCUT2D eigenvalue weighted by Crippen LogP contribution is -2.09. The zero-order valence-corrected chi connectivity index (χ0v) is 18.2. The van der Waals surface area contributed by atoms with E-state index in [-0.39, 0.29) is 5.97 Å². The molecule has 1 heterocycles. The number of carbonyl (C=O) groups excluding carboxylic acids is 1. The third-order valence-corrected chi connectivity index (χ3v) is 5.43. The Morgan fingerprint density at radius 2 is 1.86 bits per heavy atom. The zero-order valence-electron chi connectivity index (χ0n) is 17.4. The van der Waals surface area contributed by atoms with Crippen LogP contribution in [-0.4, -0.2) is 33.1 Å². The SMILES string of the molecule is CCOC(=O)CCCCCCSc1nnc(CC(C)C)n1Cc1ccccc1. The molecule has 6 heteroatoms. The van der Waals surface area contributed by atoms with E-state index in [0.29, 0.717) is 18.9 Å². The second kappa shape index (κ2) is 12.6. The molecule has 0 aliphatic heterocycles. The van der Waals surface area contributed by atoms with Crippen molar-refractivity contribution in [3.05, 3.63) is 41.7 Å². The van der Waals surface area contributed by atoms with Crippen molar-refractivity contribution in [3.8, 4) is 0 Å². The Morgan fingerprint density at radius 3 is 2.57 bits per heavy atom. The molecule has 0 saturated carbocycles. The highest BCUT2D eigenvalue weighted by atomic mass is 32.2. The van der Waals surface area contributed by atoms with Gasteiger partial charge in [-0.25, -0.2) is 0 Å². The summed E-state index contributed by atoms with van der Waals surface area (Å²) in [5.74, 6) is 2.56. The van der Waals surface area contributed by atoms with Crippen LogP contribution in [0.3, 0.4) is 0 Å². The van der Waals surface area contributed by atoms with Gasteiger partial charge in [-0.2, -0.15) is 0 Å². The van der Waals surface area contributed by atoms with Gasteiger partial charge in [0, 0.05) is 18.6 Å². The molecule has 5 nitrogen and oxygen atoms in total. The van der Waals surface area contributed by atoms with Crippen LogP contribution in [0.15, 0.2) is 35.5 Å². The van der Waals surface area contributed by atoms with Crippen LogP contribution in [0.5, 0.6) is 0 Å². The minimum Gasteiger partial charge on any atom is -0.466 e. The number of esters is 1. The molecule has 1 aromatic heterocycles. The molecular formula is C22H33N3O2S. The van der Waals surface area contributed by atoms with Crippen molar-refractivity contribution in [2.24, 2.45) is 5.92 Å². The molecule has 0 N–H and O–H groups in total. The standard InChI is InChI=1S/C22H33N3O2S/c1-4-27-21(26)14-10-5-6-11-15-28-22-24-23-20(16-18(2)3)25(22)17-19-12-8-7-9-13-19/h7-9,12-13,18H,4-6,10-11,14-17H2,1-3H3. The van der Waals surface area contributed by atoms with Crippen LogP contribution in [0.4, 0.5) is 0 Å². The number of carbonyl (C=O) groups is 1. The highest BCUT2D eigenvalue weighted by Gasteiger charge is 2.14. The van der Waals surface area contributed by atoms with E-state index in [1.54, 1.807) is 11.8 Å². The van der Waals surface area contributed by atoms with Gasteiger partial charge in [0.2, 0.25) is 0 Å². The number of hydrogen-bond donors (Lipinski definition) is 0. The number of aromatic nitrogens is 3. The fraction of sp³-hybridized carbons (Fsp3) is 0.591. The van der Waals surface area contributed by atoms with Gasteiger partial charge in [0.05, 0.1) is 13.2 Å². The van der Waals surface area contributed by atoms with Gasteiger partial charge in [0.25, 0.3) is 0 Å². The Labute approximate surface area is 173 Å². The second-order valence-corrected chi connectivity index (χ2v) is 8.45. The van der Waals surface area contributed by atoms with Crippen LogP contribution >= 0.6 is 11.8 Å². The molecule has 0 atom stereocenters. The molecule has 154 valence electrons. The summed E-state index contributed by atoms with van der Waals surface area (Å²) in [5.41, 5.74) is 1.27. The maximum atomic E-state index is 11.3. The van der Waals surface area contributed by atoms with E-state index < -0.39 is 0 Å². The van der Waals surface area contributed by atoms with Gasteiger partial charge in [0.1, 0.15) is 5.82 Å². The van der Waals surface area contributed by atoms with Gasteiger partial charge in [0.15, 0.2) is 5.16 Å². The van der Waals surface area contributed by atoms with Crippen molar-refractivity contribution in [1.82, 2.24) is 14.8 Å². The first-order valence-corrected chi connectivity index (χ1v) is 11.3. The number of nitrogens with zero attached hydrogens (tertiary/aromatic N) is 3. The van der Waals surface area contributed by atoms with Crippen LogP contribution in [0.25, 0.3) is 0 Å². The summed E-state index contributed by atoms with van der Waals surface area (Å²) in [6, 6.07) is 10.5. The summed E-state index contributed by atoms with van der Waals surface area (Å²) < 4.78 is 7.22. The van der Waals surface area contributed by atoms with Crippen molar-refractivity contribution in [2.45, 2.75) is 71.0 Å². The lowest BCUT2D eigenvalue weighted by Gasteiger charge is -2.11. The zero-order chi connectivity index (χ0) is 20.2. The van der Waals surface area contributed by atoms with Crippen LogP contribution in [-0.2, 0) is 22.5 Å². The lowest BCUT2D eigenvalue weighted by molar-refractivity contribution is -0.143. The van der Waals surface area contributed by atoms with E-state index in [0.717, 1.165) is 55.4 Å². The number of ether oxygens (including phenoxy) is 1. The summed E-state index contributed by atoms with van der Waals surface area (Å²) in [5, 5.41) is 9.92. The van der Waals surface area contributed by atoms with Crippen molar-refractivity contribution in [1.29, 1.82) is 0 Å². The normalized spacial score (nSPS) is 11.1. The summed E-state index contributed by atoms with van der Waals surface area (Å²) >= 11 is 1.78. The number of unbranched alkanes of at least 4 members (excludes halogenated alkanes) is 3. The molecule has 0 aliphatic carbocycles. The van der Waals surface area contributed by atoms with E-state index in [1.807, 2.05) is 13.0 Å². The third-order valence-electron chi connectivity index (χ3n) is 4.38. The lowest BCUT2D eigenvalue weighted by atomic mass is 10.1. The highest BCUT2D eigenvalue weighted by molar-refractivity contribution is 7.99. The van der Waals surface area contributed by atoms with E-state index in [2.05, 4.69) is 52.9 Å². The van der Waals surface area contributed by atoms with Gasteiger partial charge in [-0.15, -0.1) is 10.2 Å². The third kappa shape index (κ3) is 8.05. The maximum absolute atomic E-state index is 11.3. The van der Waals surface area contributed by atoms with Gasteiger partial charge in [-0.3, -0.25) is 4.79 Å². The predicted molar refractivity (Wildman–Crippen MR) is 115 cm³/mol. The first-order chi connectivity index (χ1) is 13.6. The van der Waals surface area contributed by atoms with E-state index in [1.165, 1.54) is 5.56 Å². The van der Waals surface area contributed by atoms with Crippen molar-refractivity contribution in [2.75, 3.05) is 12.4 Å². The predicted octanol–water partition coefficient (Wildman–Crippen LogP) is 5.13. The molecule has 1 aromatic carbocycles. The quantitative estimate of drug-likeness (QED) is 0.264. The summed E-state index contributed by atoms with van der Waals surface area (Å²) in [6.45, 7) is 7.56. The molecule has 2 aromatic rings. The second-order valence-electron chi connectivity index (χ2n) is 7.39. The maximum Gasteiger partial charge on any atom is 0.305 e. The van der Waals surface area contributed by atoms with Crippen molar-refractivity contribution >= 4 is 17.7 Å². The molecule has 2 rings (SSSR count). The Kier molecular flexibility index (Phi) is 10.1. The molecule has 0 spiro atoms. The fourth-order valence-corrected chi connectivity index (χ4v) is 3.94. The van der Waals surface area contributed by atoms with Crippen molar-refractivity contribution < 1.29 is 9.53 Å². The molecule has 28 heavy (non-hydrogen) atoms. The topological polar surface area (TPSA) is 57.0 Å². The number of thioether (sulfide) groups is 1. The molecule has 0 aliphatic rings. The molecule has 0 radical (unpaired) electrons. The van der Waals surface area contributed by atoms with Crippen LogP contribution in [0, 0.1) is 5.92 Å². The minimum absolute atomic E-state index is 0.0800. The average Bonchev–Trinajstić information content (AvgIpc) is 3.03. The van der Waals surface area contributed by atoms with Crippen LogP contribution < -0.4 is 0 Å². The highest BCUT2D eigenvalue weighted by Crippen LogP contribution is 2.22. The molecular weight excluding hydrogens is 370 g/mol. The fourth-order valence-electron chi connectivity index (χ4n) is 2.99. The summed E-state index contributed by atoms with van der Waals surface area (Å²) in [7, 11) is 0. The summed E-state index contributed by atoms with van der Waals surface area (Å²) in [6.07, 6.45) is 5.68. The van der Waals surface area contributed by atoms with E-state index in [9.17, 15) is 4.79 Å². The summed E-state index contributed by atoms with van der Waals surface area (Å²) in [4.78, 5) is 11.3. The van der Waals surface area contributed by atoms with Gasteiger partial charge < -0.3 is 9.30 Å². The first kappa shape index (κ1) is 22.5. The van der Waals surface area contributed by atoms with Crippen molar-refractivity contribution in [3.63, 3.8) is 0 Å². The Balaban J connectivity index is 1.82. The molecule has 0 bridgehead atoms. The molecule has 0 unspecified atom stereocenters.